The number of rotatable bonds is 8. The second kappa shape index (κ2) is 10.3. The van der Waals surface area contributed by atoms with E-state index in [1.807, 2.05) is 41.5 Å². The molecule has 1 fully saturated rings. The largest absolute Gasteiger partial charge is 0.379 e. The van der Waals surface area contributed by atoms with Gasteiger partial charge in [0, 0.05) is 62.4 Å². The number of carbonyl (C=O) groups excluding carboxylic acids is 1. The first kappa shape index (κ1) is 21.2. The number of carbonyl (C=O) groups is 1. The van der Waals surface area contributed by atoms with Crippen molar-refractivity contribution >= 4 is 11.6 Å². The maximum absolute atomic E-state index is 12.5. The first-order valence-electron chi connectivity index (χ1n) is 10.9. The number of benzene rings is 1. The molecule has 1 aromatic carbocycles. The first-order valence-corrected chi connectivity index (χ1v) is 10.9. The molecule has 1 aliphatic heterocycles. The zero-order valence-corrected chi connectivity index (χ0v) is 18.0. The minimum Gasteiger partial charge on any atom is -0.379 e. The third kappa shape index (κ3) is 5.77. The molecule has 4 rings (SSSR count). The highest BCUT2D eigenvalue weighted by Gasteiger charge is 2.12. The van der Waals surface area contributed by atoms with Crippen LogP contribution < -0.4 is 5.32 Å². The van der Waals surface area contributed by atoms with Crippen LogP contribution in [0.1, 0.15) is 24.5 Å². The Balaban J connectivity index is 1.31. The SMILES string of the molecule is CCn1cc(-c2ccncc2CCC(=O)Nc2ccc(CN3CCOCC3)cc2)cn1. The van der Waals surface area contributed by atoms with Crippen molar-refractivity contribution < 1.29 is 9.53 Å². The molecule has 0 spiro atoms. The van der Waals surface area contributed by atoms with E-state index in [1.54, 1.807) is 6.20 Å². The summed E-state index contributed by atoms with van der Waals surface area (Å²) in [5.41, 5.74) is 5.25. The van der Waals surface area contributed by atoms with E-state index in [2.05, 4.69) is 39.4 Å². The summed E-state index contributed by atoms with van der Waals surface area (Å²) in [5.74, 6) is -0.0000133. The van der Waals surface area contributed by atoms with Crippen LogP contribution in [0.25, 0.3) is 11.1 Å². The number of aromatic nitrogens is 3. The molecule has 3 aromatic rings. The molecule has 7 heteroatoms. The van der Waals surface area contributed by atoms with Crippen molar-refractivity contribution in [3.63, 3.8) is 0 Å². The monoisotopic (exact) mass is 419 g/mol. The number of morpholine rings is 1. The average Bonchev–Trinajstić information content (AvgIpc) is 3.29. The van der Waals surface area contributed by atoms with E-state index < -0.39 is 0 Å². The minimum atomic E-state index is -0.0000133. The number of nitrogens with zero attached hydrogens (tertiary/aromatic N) is 4. The zero-order valence-electron chi connectivity index (χ0n) is 18.0. The summed E-state index contributed by atoms with van der Waals surface area (Å²) >= 11 is 0. The van der Waals surface area contributed by atoms with Crippen LogP contribution in [0.5, 0.6) is 0 Å². The molecule has 0 radical (unpaired) electrons. The normalized spacial score (nSPS) is 14.5. The second-order valence-corrected chi connectivity index (χ2v) is 7.75. The number of ether oxygens (including phenoxy) is 1. The fraction of sp³-hybridized carbons (Fsp3) is 0.375. The molecule has 3 heterocycles. The van der Waals surface area contributed by atoms with Crippen molar-refractivity contribution in [1.82, 2.24) is 19.7 Å². The van der Waals surface area contributed by atoms with Crippen LogP contribution in [0.3, 0.4) is 0 Å². The number of hydrogen-bond donors (Lipinski definition) is 1. The van der Waals surface area contributed by atoms with Crippen molar-refractivity contribution in [3.8, 4) is 11.1 Å². The third-order valence-corrected chi connectivity index (χ3v) is 5.54. The fourth-order valence-corrected chi connectivity index (χ4v) is 3.77. The summed E-state index contributed by atoms with van der Waals surface area (Å²) in [5, 5.41) is 7.36. The summed E-state index contributed by atoms with van der Waals surface area (Å²) in [4.78, 5) is 19.1. The van der Waals surface area contributed by atoms with E-state index >= 15 is 0 Å². The highest BCUT2D eigenvalue weighted by Crippen LogP contribution is 2.23. The molecule has 7 nitrogen and oxygen atoms in total. The van der Waals surface area contributed by atoms with Crippen LogP contribution >= 0.6 is 0 Å². The van der Waals surface area contributed by atoms with Crippen molar-refractivity contribution in [2.45, 2.75) is 32.9 Å². The molecule has 1 N–H and O–H groups in total. The summed E-state index contributed by atoms with van der Waals surface area (Å²) in [6.07, 6.45) is 8.53. The molecular formula is C24H29N5O2. The van der Waals surface area contributed by atoms with Gasteiger partial charge < -0.3 is 10.1 Å². The standard InChI is InChI=1S/C24H29N5O2/c1-2-29-18-21(16-26-29)23-9-10-25-15-20(23)5-8-24(30)27-22-6-3-19(4-7-22)17-28-11-13-31-14-12-28/h3-4,6-7,9-10,15-16,18H,2,5,8,11-14,17H2,1H3,(H,27,30). The Morgan fingerprint density at radius 1 is 1.13 bits per heavy atom. The van der Waals surface area contributed by atoms with Crippen LogP contribution in [-0.4, -0.2) is 51.9 Å². The van der Waals surface area contributed by atoms with Gasteiger partial charge in [-0.3, -0.25) is 19.4 Å². The van der Waals surface area contributed by atoms with Gasteiger partial charge >= 0.3 is 0 Å². The maximum atomic E-state index is 12.5. The van der Waals surface area contributed by atoms with Gasteiger partial charge in [0.2, 0.25) is 5.91 Å². The van der Waals surface area contributed by atoms with Crippen molar-refractivity contribution in [2.24, 2.45) is 0 Å². The molecule has 0 unspecified atom stereocenters. The molecule has 31 heavy (non-hydrogen) atoms. The molecule has 0 atom stereocenters. The number of amides is 1. The van der Waals surface area contributed by atoms with E-state index in [9.17, 15) is 4.79 Å². The number of aryl methyl sites for hydroxylation is 2. The predicted octanol–water partition coefficient (Wildman–Crippen LogP) is 3.37. The quantitative estimate of drug-likeness (QED) is 0.606. The van der Waals surface area contributed by atoms with E-state index in [0.29, 0.717) is 12.8 Å². The summed E-state index contributed by atoms with van der Waals surface area (Å²) in [7, 11) is 0. The summed E-state index contributed by atoms with van der Waals surface area (Å²) < 4.78 is 7.29. The lowest BCUT2D eigenvalue weighted by atomic mass is 10.0. The average molecular weight is 420 g/mol. The lowest BCUT2D eigenvalue weighted by Gasteiger charge is -2.26. The van der Waals surface area contributed by atoms with Crippen molar-refractivity contribution in [3.05, 3.63) is 66.2 Å². The Labute approximate surface area is 183 Å². The van der Waals surface area contributed by atoms with E-state index in [1.165, 1.54) is 5.56 Å². The second-order valence-electron chi connectivity index (χ2n) is 7.75. The molecule has 1 aliphatic rings. The van der Waals surface area contributed by atoms with Crippen molar-refractivity contribution in [2.75, 3.05) is 31.6 Å². The van der Waals surface area contributed by atoms with Gasteiger partial charge in [0.05, 0.1) is 19.4 Å². The lowest BCUT2D eigenvalue weighted by Crippen LogP contribution is -2.35. The molecule has 0 saturated carbocycles. The van der Waals surface area contributed by atoms with Crippen LogP contribution in [0, 0.1) is 0 Å². The first-order chi connectivity index (χ1) is 15.2. The Hall–Kier alpha value is -3.03. The van der Waals surface area contributed by atoms with Crippen LogP contribution in [0.15, 0.2) is 55.1 Å². The van der Waals surface area contributed by atoms with Crippen LogP contribution in [0.2, 0.25) is 0 Å². The summed E-state index contributed by atoms with van der Waals surface area (Å²) in [6, 6.07) is 10.1. The van der Waals surface area contributed by atoms with Gasteiger partial charge in [-0.1, -0.05) is 12.1 Å². The fourth-order valence-electron chi connectivity index (χ4n) is 3.77. The van der Waals surface area contributed by atoms with Gasteiger partial charge in [0.15, 0.2) is 0 Å². The Morgan fingerprint density at radius 3 is 2.68 bits per heavy atom. The highest BCUT2D eigenvalue weighted by molar-refractivity contribution is 5.91. The van der Waals surface area contributed by atoms with Gasteiger partial charge in [-0.25, -0.2) is 0 Å². The van der Waals surface area contributed by atoms with Crippen molar-refractivity contribution in [1.29, 1.82) is 0 Å². The van der Waals surface area contributed by atoms with Crippen LogP contribution in [-0.2, 0) is 29.0 Å². The molecule has 162 valence electrons. The molecule has 2 aromatic heterocycles. The molecule has 1 amide bonds. The zero-order chi connectivity index (χ0) is 21.5. The molecule has 0 bridgehead atoms. The van der Waals surface area contributed by atoms with Gasteiger partial charge in [-0.15, -0.1) is 0 Å². The smallest absolute Gasteiger partial charge is 0.224 e. The number of hydrogen-bond acceptors (Lipinski definition) is 5. The molecular weight excluding hydrogens is 390 g/mol. The summed E-state index contributed by atoms with van der Waals surface area (Å²) in [6.45, 7) is 7.33. The Kier molecular flexibility index (Phi) is 7.07. The number of nitrogens with one attached hydrogen (secondary N) is 1. The highest BCUT2D eigenvalue weighted by atomic mass is 16.5. The van der Waals surface area contributed by atoms with Gasteiger partial charge in [0.1, 0.15) is 0 Å². The number of pyridine rings is 1. The third-order valence-electron chi connectivity index (χ3n) is 5.54. The maximum Gasteiger partial charge on any atom is 0.224 e. The number of anilines is 1. The topological polar surface area (TPSA) is 72.3 Å². The van der Waals surface area contributed by atoms with E-state index in [4.69, 9.17) is 4.74 Å². The molecule has 1 saturated heterocycles. The van der Waals surface area contributed by atoms with Crippen LogP contribution in [0.4, 0.5) is 5.69 Å². The molecule has 0 aliphatic carbocycles. The predicted molar refractivity (Wildman–Crippen MR) is 121 cm³/mol. The minimum absolute atomic E-state index is 0.0000133. The Morgan fingerprint density at radius 2 is 1.94 bits per heavy atom. The Bertz CT molecular complexity index is 993. The van der Waals surface area contributed by atoms with Gasteiger partial charge in [-0.05, 0) is 48.2 Å². The van der Waals surface area contributed by atoms with E-state index in [0.717, 1.165) is 61.8 Å². The van der Waals surface area contributed by atoms with E-state index in [-0.39, 0.29) is 5.91 Å². The van der Waals surface area contributed by atoms with Gasteiger partial charge in [0.25, 0.3) is 0 Å². The van der Waals surface area contributed by atoms with Gasteiger partial charge in [-0.2, -0.15) is 5.10 Å². The lowest BCUT2D eigenvalue weighted by molar-refractivity contribution is -0.116.